The Morgan fingerprint density at radius 3 is 2.56 bits per heavy atom. The van der Waals surface area contributed by atoms with E-state index in [0.717, 1.165) is 29.1 Å². The zero-order valence-corrected chi connectivity index (χ0v) is 10.6. The zero-order chi connectivity index (χ0) is 12.1. The van der Waals surface area contributed by atoms with Gasteiger partial charge in [-0.15, -0.1) is 5.10 Å². The van der Waals surface area contributed by atoms with Gasteiger partial charge in [-0.2, -0.15) is 4.98 Å². The van der Waals surface area contributed by atoms with Gasteiger partial charge in [-0.05, 0) is 56.6 Å². The molecule has 1 N–H and O–H groups in total. The van der Waals surface area contributed by atoms with Crippen LogP contribution in [0.1, 0.15) is 31.4 Å². The SMILES string of the molecule is Cc1cccc2nc(NC(C3CC3)C3CC3)nn12. The van der Waals surface area contributed by atoms with Crippen LogP contribution in [-0.2, 0) is 0 Å². The van der Waals surface area contributed by atoms with Crippen molar-refractivity contribution in [3.63, 3.8) is 0 Å². The van der Waals surface area contributed by atoms with Gasteiger partial charge in [0, 0.05) is 11.7 Å². The first-order valence-corrected chi connectivity index (χ1v) is 6.90. The number of aromatic nitrogens is 3. The number of nitrogens with zero attached hydrogens (tertiary/aromatic N) is 3. The fourth-order valence-electron chi connectivity index (χ4n) is 2.78. The molecule has 0 saturated heterocycles. The van der Waals surface area contributed by atoms with E-state index in [4.69, 9.17) is 0 Å². The number of aryl methyl sites for hydroxylation is 1. The van der Waals surface area contributed by atoms with Gasteiger partial charge < -0.3 is 5.32 Å². The van der Waals surface area contributed by atoms with Crippen molar-refractivity contribution in [2.24, 2.45) is 11.8 Å². The number of fused-ring (bicyclic) bond motifs is 1. The molecule has 0 aliphatic heterocycles. The van der Waals surface area contributed by atoms with E-state index >= 15 is 0 Å². The number of rotatable bonds is 4. The standard InChI is InChI=1S/C14H18N4/c1-9-3-2-4-12-15-14(17-18(9)12)16-13(10-5-6-10)11-7-8-11/h2-4,10-11,13H,5-8H2,1H3,(H,16,17). The van der Waals surface area contributed by atoms with E-state index in [1.54, 1.807) is 0 Å². The molecule has 2 aromatic rings. The van der Waals surface area contributed by atoms with E-state index in [0.29, 0.717) is 6.04 Å². The first kappa shape index (κ1) is 10.4. The molecule has 0 unspecified atom stereocenters. The molecule has 2 aliphatic rings. The largest absolute Gasteiger partial charge is 0.350 e. The van der Waals surface area contributed by atoms with Crippen LogP contribution >= 0.6 is 0 Å². The molecule has 4 rings (SSSR count). The molecule has 0 bridgehead atoms. The molecule has 4 nitrogen and oxygen atoms in total. The summed E-state index contributed by atoms with van der Waals surface area (Å²) in [4.78, 5) is 4.57. The van der Waals surface area contributed by atoms with E-state index in [1.807, 2.05) is 16.6 Å². The third-order valence-corrected chi connectivity index (χ3v) is 4.10. The lowest BCUT2D eigenvalue weighted by Crippen LogP contribution is -2.24. The predicted octanol–water partition coefficient (Wildman–Crippen LogP) is 2.64. The highest BCUT2D eigenvalue weighted by Gasteiger charge is 2.41. The van der Waals surface area contributed by atoms with E-state index < -0.39 is 0 Å². The molecule has 0 radical (unpaired) electrons. The molecule has 0 spiro atoms. The van der Waals surface area contributed by atoms with E-state index in [9.17, 15) is 0 Å². The molecule has 0 amide bonds. The summed E-state index contributed by atoms with van der Waals surface area (Å²) in [6.07, 6.45) is 5.50. The van der Waals surface area contributed by atoms with Crippen LogP contribution in [0.2, 0.25) is 0 Å². The second-order valence-corrected chi connectivity index (χ2v) is 5.72. The quantitative estimate of drug-likeness (QED) is 0.896. The summed E-state index contributed by atoms with van der Waals surface area (Å²) in [6.45, 7) is 2.06. The molecule has 0 aromatic carbocycles. The molecule has 2 fully saturated rings. The lowest BCUT2D eigenvalue weighted by Gasteiger charge is -2.15. The normalized spacial score (nSPS) is 19.7. The third kappa shape index (κ3) is 1.76. The molecule has 0 atom stereocenters. The van der Waals surface area contributed by atoms with Crippen molar-refractivity contribution < 1.29 is 0 Å². The molecular weight excluding hydrogens is 224 g/mol. The van der Waals surface area contributed by atoms with Crippen molar-refractivity contribution in [2.75, 3.05) is 5.32 Å². The molecule has 4 heteroatoms. The highest BCUT2D eigenvalue weighted by Crippen LogP contribution is 2.45. The fourth-order valence-corrected chi connectivity index (χ4v) is 2.78. The summed E-state index contributed by atoms with van der Waals surface area (Å²) in [5.41, 5.74) is 2.06. The van der Waals surface area contributed by atoms with Crippen LogP contribution in [0.3, 0.4) is 0 Å². The maximum absolute atomic E-state index is 4.57. The minimum Gasteiger partial charge on any atom is -0.350 e. The summed E-state index contributed by atoms with van der Waals surface area (Å²) in [5, 5.41) is 8.14. The van der Waals surface area contributed by atoms with Gasteiger partial charge in [-0.3, -0.25) is 0 Å². The Morgan fingerprint density at radius 2 is 1.94 bits per heavy atom. The minimum atomic E-state index is 0.614. The van der Waals surface area contributed by atoms with Crippen LogP contribution in [0.25, 0.3) is 5.65 Å². The topological polar surface area (TPSA) is 42.2 Å². The van der Waals surface area contributed by atoms with E-state index in [2.05, 4.69) is 28.4 Å². The van der Waals surface area contributed by atoms with Crippen molar-refractivity contribution in [2.45, 2.75) is 38.6 Å². The highest BCUT2D eigenvalue weighted by atomic mass is 15.4. The average Bonchev–Trinajstić information content (AvgIpc) is 3.25. The second kappa shape index (κ2) is 3.70. The maximum Gasteiger partial charge on any atom is 0.243 e. The monoisotopic (exact) mass is 242 g/mol. The summed E-state index contributed by atoms with van der Waals surface area (Å²) in [5.74, 6) is 2.53. The smallest absolute Gasteiger partial charge is 0.243 e. The molecular formula is C14H18N4. The van der Waals surface area contributed by atoms with Gasteiger partial charge in [-0.25, -0.2) is 4.52 Å². The van der Waals surface area contributed by atoms with Crippen LogP contribution in [0.5, 0.6) is 0 Å². The van der Waals surface area contributed by atoms with Gasteiger partial charge in [0.05, 0.1) is 0 Å². The van der Waals surface area contributed by atoms with Gasteiger partial charge in [0.15, 0.2) is 5.65 Å². The van der Waals surface area contributed by atoms with E-state index in [-0.39, 0.29) is 0 Å². The number of nitrogens with one attached hydrogen (secondary N) is 1. The van der Waals surface area contributed by atoms with Crippen LogP contribution < -0.4 is 5.32 Å². The van der Waals surface area contributed by atoms with Crippen molar-refractivity contribution in [3.05, 3.63) is 23.9 Å². The molecule has 18 heavy (non-hydrogen) atoms. The predicted molar refractivity (Wildman–Crippen MR) is 70.6 cm³/mol. The minimum absolute atomic E-state index is 0.614. The number of hydrogen-bond acceptors (Lipinski definition) is 3. The Bertz CT molecular complexity index is 568. The first-order chi connectivity index (χ1) is 8.81. The average molecular weight is 242 g/mol. The molecule has 2 aromatic heterocycles. The van der Waals surface area contributed by atoms with Crippen LogP contribution in [-0.4, -0.2) is 20.6 Å². The second-order valence-electron chi connectivity index (χ2n) is 5.72. The Labute approximate surface area is 106 Å². The first-order valence-electron chi connectivity index (χ1n) is 6.90. The molecule has 2 saturated carbocycles. The summed E-state index contributed by atoms with van der Waals surface area (Å²) < 4.78 is 1.92. The van der Waals surface area contributed by atoms with Gasteiger partial charge in [-0.1, -0.05) is 6.07 Å². The Balaban J connectivity index is 1.63. The van der Waals surface area contributed by atoms with Gasteiger partial charge in [0.2, 0.25) is 5.95 Å². The lowest BCUT2D eigenvalue weighted by atomic mass is 10.1. The third-order valence-electron chi connectivity index (χ3n) is 4.10. The molecule has 94 valence electrons. The van der Waals surface area contributed by atoms with E-state index in [1.165, 1.54) is 25.7 Å². The lowest BCUT2D eigenvalue weighted by molar-refractivity contribution is 0.563. The van der Waals surface area contributed by atoms with Gasteiger partial charge >= 0.3 is 0 Å². The number of pyridine rings is 1. The Kier molecular flexibility index (Phi) is 2.13. The highest BCUT2D eigenvalue weighted by molar-refractivity contribution is 5.45. The number of anilines is 1. The summed E-state index contributed by atoms with van der Waals surface area (Å²) in [6, 6.07) is 6.71. The summed E-state index contributed by atoms with van der Waals surface area (Å²) >= 11 is 0. The zero-order valence-electron chi connectivity index (χ0n) is 10.6. The fraction of sp³-hybridized carbons (Fsp3) is 0.571. The van der Waals surface area contributed by atoms with Gasteiger partial charge in [0.25, 0.3) is 0 Å². The number of hydrogen-bond donors (Lipinski definition) is 1. The molecule has 2 heterocycles. The van der Waals surface area contributed by atoms with Crippen molar-refractivity contribution in [3.8, 4) is 0 Å². The summed E-state index contributed by atoms with van der Waals surface area (Å²) in [7, 11) is 0. The van der Waals surface area contributed by atoms with Crippen molar-refractivity contribution in [1.29, 1.82) is 0 Å². The van der Waals surface area contributed by atoms with Crippen molar-refractivity contribution in [1.82, 2.24) is 14.6 Å². The Hall–Kier alpha value is -1.58. The van der Waals surface area contributed by atoms with Crippen LogP contribution in [0.15, 0.2) is 18.2 Å². The van der Waals surface area contributed by atoms with Crippen LogP contribution in [0.4, 0.5) is 5.95 Å². The van der Waals surface area contributed by atoms with Crippen LogP contribution in [0, 0.1) is 18.8 Å². The Morgan fingerprint density at radius 1 is 1.22 bits per heavy atom. The van der Waals surface area contributed by atoms with Gasteiger partial charge in [0.1, 0.15) is 0 Å². The molecule has 2 aliphatic carbocycles. The maximum atomic E-state index is 4.57. The van der Waals surface area contributed by atoms with Crippen molar-refractivity contribution >= 4 is 11.6 Å².